The number of benzene rings is 1. The minimum atomic E-state index is -0.607. The first kappa shape index (κ1) is 18.2. The fourth-order valence-corrected chi connectivity index (χ4v) is 2.35. The first-order chi connectivity index (χ1) is 11.5. The van der Waals surface area contributed by atoms with Crippen molar-refractivity contribution in [1.82, 2.24) is 9.55 Å². The van der Waals surface area contributed by atoms with E-state index in [0.717, 1.165) is 0 Å². The van der Waals surface area contributed by atoms with Gasteiger partial charge in [-0.25, -0.2) is 0 Å². The number of rotatable bonds is 5. The van der Waals surface area contributed by atoms with Crippen LogP contribution in [0.3, 0.4) is 0 Å². The normalized spacial score (nSPS) is 10.5. The van der Waals surface area contributed by atoms with E-state index in [9.17, 15) is 9.90 Å². The standard InChI is InChI=1S/C16H15ClN2O4S/c1-22-13(23-2)5-3-4-12-14(20)18-16(24)19(15(12)21)11-8-6-10(17)7-9-11/h4-9,13,21H,1-2H3,(H,18,20,24). The molecule has 1 heterocycles. The molecule has 0 spiro atoms. The molecule has 0 aliphatic carbocycles. The quantitative estimate of drug-likeness (QED) is 0.483. The summed E-state index contributed by atoms with van der Waals surface area (Å²) in [7, 11) is 2.94. The van der Waals surface area contributed by atoms with E-state index < -0.39 is 11.8 Å². The minimum Gasteiger partial charge on any atom is -0.494 e. The van der Waals surface area contributed by atoms with Crippen LogP contribution in [0.25, 0.3) is 11.8 Å². The SMILES string of the molecule is COC(C=C=Cc1c(O)n(-c2ccc(Cl)cc2)c(=S)[nH]c1=O)OC. The van der Waals surface area contributed by atoms with Crippen LogP contribution in [-0.2, 0) is 9.47 Å². The summed E-state index contributed by atoms with van der Waals surface area (Å²) in [4.78, 5) is 14.6. The predicted molar refractivity (Wildman–Crippen MR) is 94.3 cm³/mol. The van der Waals surface area contributed by atoms with Crippen LogP contribution in [0.1, 0.15) is 5.56 Å². The van der Waals surface area contributed by atoms with Crippen molar-refractivity contribution in [3.63, 3.8) is 0 Å². The van der Waals surface area contributed by atoms with Crippen molar-refractivity contribution in [3.05, 3.63) is 61.8 Å². The Bertz CT molecular complexity index is 892. The van der Waals surface area contributed by atoms with Gasteiger partial charge in [0.2, 0.25) is 5.88 Å². The molecule has 1 aromatic carbocycles. The Morgan fingerprint density at radius 2 is 1.96 bits per heavy atom. The number of ether oxygens (including phenoxy) is 2. The Hall–Kier alpha value is -2.15. The second-order valence-corrected chi connectivity index (χ2v) is 5.45. The van der Waals surface area contributed by atoms with E-state index in [1.165, 1.54) is 30.9 Å². The zero-order valence-electron chi connectivity index (χ0n) is 12.9. The second kappa shape index (κ2) is 8.10. The Kier molecular flexibility index (Phi) is 6.14. The summed E-state index contributed by atoms with van der Waals surface area (Å²) in [6.45, 7) is 0. The zero-order valence-corrected chi connectivity index (χ0v) is 14.5. The van der Waals surface area contributed by atoms with Crippen molar-refractivity contribution in [2.45, 2.75) is 6.29 Å². The Balaban J connectivity index is 2.57. The highest BCUT2D eigenvalue weighted by atomic mass is 35.5. The van der Waals surface area contributed by atoms with Gasteiger partial charge in [-0.15, -0.1) is 5.73 Å². The van der Waals surface area contributed by atoms with Gasteiger partial charge in [-0.2, -0.15) is 0 Å². The maximum Gasteiger partial charge on any atom is 0.263 e. The average Bonchev–Trinajstić information content (AvgIpc) is 2.56. The van der Waals surface area contributed by atoms with Gasteiger partial charge < -0.3 is 14.6 Å². The molecule has 0 saturated carbocycles. The van der Waals surface area contributed by atoms with E-state index in [4.69, 9.17) is 33.3 Å². The lowest BCUT2D eigenvalue weighted by atomic mass is 10.2. The number of methoxy groups -OCH3 is 2. The second-order valence-electron chi connectivity index (χ2n) is 4.63. The number of aromatic nitrogens is 2. The van der Waals surface area contributed by atoms with E-state index in [0.29, 0.717) is 10.7 Å². The number of nitrogens with zero attached hydrogens (tertiary/aromatic N) is 1. The van der Waals surface area contributed by atoms with Crippen molar-refractivity contribution < 1.29 is 14.6 Å². The lowest BCUT2D eigenvalue weighted by molar-refractivity contribution is -0.0664. The molecule has 8 heteroatoms. The molecule has 0 atom stereocenters. The van der Waals surface area contributed by atoms with Gasteiger partial charge in [0, 0.05) is 25.3 Å². The fraction of sp³-hybridized carbons (Fsp3) is 0.188. The van der Waals surface area contributed by atoms with Crippen molar-refractivity contribution in [2.75, 3.05) is 14.2 Å². The van der Waals surface area contributed by atoms with E-state index >= 15 is 0 Å². The van der Waals surface area contributed by atoms with E-state index in [1.54, 1.807) is 24.3 Å². The fourth-order valence-electron chi connectivity index (χ4n) is 1.94. The van der Waals surface area contributed by atoms with Gasteiger partial charge in [0.05, 0.1) is 5.69 Å². The van der Waals surface area contributed by atoms with Gasteiger partial charge in [0.1, 0.15) is 5.56 Å². The van der Waals surface area contributed by atoms with Crippen molar-refractivity contribution in [2.24, 2.45) is 0 Å². The molecule has 0 radical (unpaired) electrons. The van der Waals surface area contributed by atoms with Gasteiger partial charge in [0.15, 0.2) is 11.1 Å². The number of hydrogen-bond acceptors (Lipinski definition) is 5. The third-order valence-electron chi connectivity index (χ3n) is 3.13. The van der Waals surface area contributed by atoms with Crippen LogP contribution in [0.2, 0.25) is 5.02 Å². The van der Waals surface area contributed by atoms with Gasteiger partial charge in [0.25, 0.3) is 5.56 Å². The molecule has 0 aliphatic heterocycles. The number of aromatic amines is 1. The molecule has 0 fully saturated rings. The molecule has 0 aliphatic rings. The first-order valence-corrected chi connectivity index (χ1v) is 7.59. The van der Waals surface area contributed by atoms with Gasteiger partial charge in [-0.1, -0.05) is 11.6 Å². The molecule has 24 heavy (non-hydrogen) atoms. The highest BCUT2D eigenvalue weighted by Gasteiger charge is 2.11. The smallest absolute Gasteiger partial charge is 0.263 e. The van der Waals surface area contributed by atoms with Crippen molar-refractivity contribution >= 4 is 29.9 Å². The molecule has 0 unspecified atom stereocenters. The van der Waals surface area contributed by atoms with Crippen LogP contribution in [0.15, 0.2) is 40.9 Å². The van der Waals surface area contributed by atoms with Crippen molar-refractivity contribution in [3.8, 4) is 11.6 Å². The number of nitrogens with one attached hydrogen (secondary N) is 1. The highest BCUT2D eigenvalue weighted by Crippen LogP contribution is 2.21. The Morgan fingerprint density at radius 3 is 2.54 bits per heavy atom. The van der Waals surface area contributed by atoms with E-state index in [2.05, 4.69) is 10.7 Å². The van der Waals surface area contributed by atoms with Crippen LogP contribution < -0.4 is 5.56 Å². The monoisotopic (exact) mass is 366 g/mol. The maximum atomic E-state index is 12.0. The van der Waals surface area contributed by atoms with Gasteiger partial charge in [-0.05, 0) is 42.6 Å². The number of H-pyrrole nitrogens is 1. The summed E-state index contributed by atoms with van der Waals surface area (Å²) in [5.74, 6) is -0.307. The first-order valence-electron chi connectivity index (χ1n) is 6.80. The lowest BCUT2D eigenvalue weighted by Gasteiger charge is -2.11. The van der Waals surface area contributed by atoms with E-state index in [1.807, 2.05) is 0 Å². The number of hydrogen-bond donors (Lipinski definition) is 2. The molecule has 2 rings (SSSR count). The number of aromatic hydroxyl groups is 1. The molecule has 2 N–H and O–H groups in total. The maximum absolute atomic E-state index is 12.0. The Morgan fingerprint density at radius 1 is 1.33 bits per heavy atom. The molecule has 0 saturated heterocycles. The summed E-state index contributed by atoms with van der Waals surface area (Å²) in [5, 5.41) is 11.0. The minimum absolute atomic E-state index is 0.000700. The molecule has 0 amide bonds. The number of halogens is 1. The predicted octanol–water partition coefficient (Wildman–Crippen LogP) is 3.04. The largest absolute Gasteiger partial charge is 0.494 e. The van der Waals surface area contributed by atoms with Crippen LogP contribution in [0.5, 0.6) is 5.88 Å². The molecule has 2 aromatic rings. The molecule has 6 nitrogen and oxygen atoms in total. The zero-order chi connectivity index (χ0) is 17.7. The molecule has 0 bridgehead atoms. The lowest BCUT2D eigenvalue weighted by Crippen LogP contribution is -2.15. The van der Waals surface area contributed by atoms with E-state index in [-0.39, 0.29) is 16.2 Å². The van der Waals surface area contributed by atoms with Gasteiger partial charge in [-0.3, -0.25) is 14.3 Å². The summed E-state index contributed by atoms with van der Waals surface area (Å²) in [5.41, 5.74) is 2.77. The summed E-state index contributed by atoms with van der Waals surface area (Å²) < 4.78 is 11.3. The van der Waals surface area contributed by atoms with Crippen molar-refractivity contribution in [1.29, 1.82) is 0 Å². The van der Waals surface area contributed by atoms with Crippen LogP contribution in [0, 0.1) is 4.77 Å². The molecular weight excluding hydrogens is 352 g/mol. The average molecular weight is 367 g/mol. The van der Waals surface area contributed by atoms with Crippen LogP contribution in [0.4, 0.5) is 0 Å². The summed E-state index contributed by atoms with van der Waals surface area (Å²) >= 11 is 11.0. The highest BCUT2D eigenvalue weighted by molar-refractivity contribution is 7.71. The van der Waals surface area contributed by atoms with Crippen LogP contribution in [-0.4, -0.2) is 35.2 Å². The topological polar surface area (TPSA) is 76.5 Å². The summed E-state index contributed by atoms with van der Waals surface area (Å²) in [6, 6.07) is 6.65. The molecule has 126 valence electrons. The van der Waals surface area contributed by atoms with Gasteiger partial charge >= 0.3 is 0 Å². The third kappa shape index (κ3) is 4.03. The molecular formula is C16H15ClN2O4S. The van der Waals surface area contributed by atoms with Crippen LogP contribution >= 0.6 is 23.8 Å². The summed E-state index contributed by atoms with van der Waals surface area (Å²) in [6.07, 6.45) is 2.18. The molecule has 1 aromatic heterocycles. The Labute approximate surface area is 148 Å². The third-order valence-corrected chi connectivity index (χ3v) is 3.67.